The highest BCUT2D eigenvalue weighted by Crippen LogP contribution is 2.60. The number of carbonyl (C=O) groups excluding carboxylic acids is 1. The molecule has 0 fully saturated rings. The molecule has 1 aromatic rings. The standard InChI is InChI=1S/C12H16NO5P/c1-4-16-19(15,17-5-2)12(8-14)11-6-10(7-13)18-9(11)3/h6,8,12H,4-5H2,1-3H3. The molecule has 19 heavy (non-hydrogen) atoms. The predicted molar refractivity (Wildman–Crippen MR) is 67.8 cm³/mol. The summed E-state index contributed by atoms with van der Waals surface area (Å²) in [6, 6.07) is 3.22. The zero-order valence-electron chi connectivity index (χ0n) is 11.1. The number of rotatable bonds is 7. The molecule has 0 saturated carbocycles. The summed E-state index contributed by atoms with van der Waals surface area (Å²) >= 11 is 0. The Bertz CT molecular complexity index is 521. The highest BCUT2D eigenvalue weighted by atomic mass is 31.2. The number of nitriles is 1. The lowest BCUT2D eigenvalue weighted by molar-refractivity contribution is -0.108. The van der Waals surface area contributed by atoms with E-state index in [0.717, 1.165) is 0 Å². The summed E-state index contributed by atoms with van der Waals surface area (Å²) in [5.41, 5.74) is -0.727. The minimum Gasteiger partial charge on any atom is -0.451 e. The second-order valence-electron chi connectivity index (χ2n) is 3.69. The molecule has 1 rings (SSSR count). The lowest BCUT2D eigenvalue weighted by atomic mass is 10.2. The van der Waals surface area contributed by atoms with Gasteiger partial charge in [-0.1, -0.05) is 0 Å². The van der Waals surface area contributed by atoms with Crippen LogP contribution in [-0.2, 0) is 18.4 Å². The molecule has 1 unspecified atom stereocenters. The predicted octanol–water partition coefficient (Wildman–Crippen LogP) is 2.97. The van der Waals surface area contributed by atoms with Gasteiger partial charge < -0.3 is 18.3 Å². The SMILES string of the molecule is CCOP(=O)(OCC)C(C=O)c1cc(C#N)oc1C. The van der Waals surface area contributed by atoms with E-state index in [1.54, 1.807) is 20.8 Å². The quantitative estimate of drug-likeness (QED) is 0.565. The van der Waals surface area contributed by atoms with Crippen LogP contribution in [0.5, 0.6) is 0 Å². The van der Waals surface area contributed by atoms with Gasteiger partial charge in [0.25, 0.3) is 0 Å². The molecule has 6 nitrogen and oxygen atoms in total. The Morgan fingerprint density at radius 1 is 1.47 bits per heavy atom. The van der Waals surface area contributed by atoms with Crippen LogP contribution >= 0.6 is 7.60 Å². The van der Waals surface area contributed by atoms with Crippen LogP contribution in [0.4, 0.5) is 0 Å². The van der Waals surface area contributed by atoms with Gasteiger partial charge in [0, 0.05) is 5.56 Å². The van der Waals surface area contributed by atoms with Crippen LogP contribution in [-0.4, -0.2) is 19.5 Å². The van der Waals surface area contributed by atoms with Crippen LogP contribution in [0, 0.1) is 18.3 Å². The van der Waals surface area contributed by atoms with E-state index < -0.39 is 13.3 Å². The normalized spacial score (nSPS) is 12.9. The molecule has 0 bridgehead atoms. The highest BCUT2D eigenvalue weighted by molar-refractivity contribution is 7.55. The van der Waals surface area contributed by atoms with Crippen LogP contribution < -0.4 is 0 Å². The van der Waals surface area contributed by atoms with E-state index in [1.807, 2.05) is 6.07 Å². The minimum atomic E-state index is -3.61. The summed E-state index contributed by atoms with van der Waals surface area (Å²) in [5.74, 6) is 0.409. The van der Waals surface area contributed by atoms with Gasteiger partial charge >= 0.3 is 7.60 Å². The van der Waals surface area contributed by atoms with Crippen molar-refractivity contribution >= 4 is 13.9 Å². The van der Waals surface area contributed by atoms with Crippen molar-refractivity contribution in [3.8, 4) is 6.07 Å². The van der Waals surface area contributed by atoms with Crippen molar-refractivity contribution in [2.24, 2.45) is 0 Å². The summed E-state index contributed by atoms with van der Waals surface area (Å²) in [5, 5.41) is 8.78. The molecule has 0 spiro atoms. The molecular weight excluding hydrogens is 269 g/mol. The molecule has 0 N–H and O–H groups in total. The number of hydrogen-bond acceptors (Lipinski definition) is 6. The Labute approximate surface area is 111 Å². The number of nitrogens with zero attached hydrogens (tertiary/aromatic N) is 1. The van der Waals surface area contributed by atoms with Crippen LogP contribution in [0.1, 0.15) is 36.6 Å². The van der Waals surface area contributed by atoms with Gasteiger partial charge in [-0.2, -0.15) is 5.26 Å². The molecule has 0 radical (unpaired) electrons. The molecule has 0 amide bonds. The van der Waals surface area contributed by atoms with Crippen molar-refractivity contribution in [2.45, 2.75) is 26.4 Å². The average Bonchev–Trinajstić information content (AvgIpc) is 2.72. The Balaban J connectivity index is 3.24. The van der Waals surface area contributed by atoms with E-state index >= 15 is 0 Å². The molecule has 0 aliphatic heterocycles. The van der Waals surface area contributed by atoms with Crippen LogP contribution in [0.15, 0.2) is 10.5 Å². The third-order valence-corrected chi connectivity index (χ3v) is 4.79. The molecule has 1 heterocycles. The topological polar surface area (TPSA) is 89.5 Å². The van der Waals surface area contributed by atoms with Gasteiger partial charge in [0.2, 0.25) is 5.76 Å². The molecule has 1 atom stereocenters. The third kappa shape index (κ3) is 3.32. The number of furan rings is 1. The molecule has 104 valence electrons. The van der Waals surface area contributed by atoms with Crippen molar-refractivity contribution in [3.63, 3.8) is 0 Å². The van der Waals surface area contributed by atoms with Crippen molar-refractivity contribution in [2.75, 3.05) is 13.2 Å². The Kier molecular flexibility index (Phi) is 5.49. The van der Waals surface area contributed by atoms with Gasteiger partial charge in [-0.3, -0.25) is 4.57 Å². The second-order valence-corrected chi connectivity index (χ2v) is 5.84. The maximum absolute atomic E-state index is 12.6. The first-order chi connectivity index (χ1) is 9.02. The lowest BCUT2D eigenvalue weighted by Crippen LogP contribution is -2.08. The Morgan fingerprint density at radius 2 is 2.05 bits per heavy atom. The minimum absolute atomic E-state index is 0.0545. The largest absolute Gasteiger partial charge is 0.451 e. The van der Waals surface area contributed by atoms with Crippen LogP contribution in [0.3, 0.4) is 0 Å². The van der Waals surface area contributed by atoms with Crippen LogP contribution in [0.2, 0.25) is 0 Å². The fourth-order valence-electron chi connectivity index (χ4n) is 1.72. The number of hydrogen-bond donors (Lipinski definition) is 0. The third-order valence-electron chi connectivity index (χ3n) is 2.47. The summed E-state index contributed by atoms with van der Waals surface area (Å²) in [4.78, 5) is 11.3. The van der Waals surface area contributed by atoms with E-state index in [2.05, 4.69) is 0 Å². The first-order valence-electron chi connectivity index (χ1n) is 5.86. The van der Waals surface area contributed by atoms with E-state index in [4.69, 9.17) is 18.7 Å². The van der Waals surface area contributed by atoms with Gasteiger partial charge in [0.1, 0.15) is 23.8 Å². The maximum Gasteiger partial charge on any atom is 0.345 e. The van der Waals surface area contributed by atoms with Gasteiger partial charge in [0.05, 0.1) is 13.2 Å². The summed E-state index contributed by atoms with van der Waals surface area (Å²) in [6.45, 7) is 5.23. The van der Waals surface area contributed by atoms with Crippen molar-refractivity contribution in [3.05, 3.63) is 23.2 Å². The fraction of sp³-hybridized carbons (Fsp3) is 0.500. The fourth-order valence-corrected chi connectivity index (χ4v) is 3.58. The molecule has 0 saturated heterocycles. The van der Waals surface area contributed by atoms with Gasteiger partial charge in [0.15, 0.2) is 0 Å². The van der Waals surface area contributed by atoms with Gasteiger partial charge in [-0.15, -0.1) is 0 Å². The molecule has 0 aromatic carbocycles. The van der Waals surface area contributed by atoms with Crippen LogP contribution in [0.25, 0.3) is 0 Å². The van der Waals surface area contributed by atoms with E-state index in [1.165, 1.54) is 6.07 Å². The molecule has 0 aliphatic carbocycles. The Hall–Kier alpha value is -1.41. The maximum atomic E-state index is 12.6. The number of aryl methyl sites for hydroxylation is 1. The zero-order valence-corrected chi connectivity index (χ0v) is 12.0. The van der Waals surface area contributed by atoms with Gasteiger partial charge in [-0.05, 0) is 26.8 Å². The van der Waals surface area contributed by atoms with Crippen molar-refractivity contribution < 1.29 is 22.8 Å². The monoisotopic (exact) mass is 285 g/mol. The highest BCUT2D eigenvalue weighted by Gasteiger charge is 2.39. The molecular formula is C12H16NO5P. The molecule has 7 heteroatoms. The first-order valence-corrected chi connectivity index (χ1v) is 7.48. The molecule has 1 aromatic heterocycles. The Morgan fingerprint density at radius 3 is 2.42 bits per heavy atom. The molecule has 0 aliphatic rings. The van der Waals surface area contributed by atoms with Crippen molar-refractivity contribution in [1.29, 1.82) is 5.26 Å². The summed E-state index contributed by atoms with van der Waals surface area (Å²) < 4.78 is 28.0. The first kappa shape index (κ1) is 15.6. The average molecular weight is 285 g/mol. The summed E-state index contributed by atoms with van der Waals surface area (Å²) in [7, 11) is -3.61. The van der Waals surface area contributed by atoms with Gasteiger partial charge in [-0.25, -0.2) is 0 Å². The zero-order chi connectivity index (χ0) is 14.5. The smallest absolute Gasteiger partial charge is 0.345 e. The number of carbonyl (C=O) groups is 1. The van der Waals surface area contributed by atoms with Crippen molar-refractivity contribution in [1.82, 2.24) is 0 Å². The van der Waals surface area contributed by atoms with E-state index in [-0.39, 0.29) is 19.0 Å². The second kappa shape index (κ2) is 6.67. The van der Waals surface area contributed by atoms with E-state index in [9.17, 15) is 9.36 Å². The van der Waals surface area contributed by atoms with E-state index in [0.29, 0.717) is 17.6 Å². The number of aldehydes is 1. The lowest BCUT2D eigenvalue weighted by Gasteiger charge is -2.21. The summed E-state index contributed by atoms with van der Waals surface area (Å²) in [6.07, 6.45) is 0.505.